The summed E-state index contributed by atoms with van der Waals surface area (Å²) < 4.78 is 0. The van der Waals surface area contributed by atoms with Crippen molar-refractivity contribution in [1.82, 2.24) is 10.2 Å². The summed E-state index contributed by atoms with van der Waals surface area (Å²) >= 11 is 0. The Kier molecular flexibility index (Phi) is 5.40. The molecule has 0 bridgehead atoms. The first-order valence-electron chi connectivity index (χ1n) is 6.73. The number of amides is 1. The molecule has 1 aliphatic rings. The van der Waals surface area contributed by atoms with Crippen LogP contribution in [-0.2, 0) is 4.79 Å². The molecule has 1 rings (SSSR count). The predicted octanol–water partition coefficient (Wildman–Crippen LogP) is 0.962. The average Bonchev–Trinajstić information content (AvgIpc) is 2.30. The van der Waals surface area contributed by atoms with Crippen LogP contribution in [0.1, 0.15) is 40.0 Å². The predicted molar refractivity (Wildman–Crippen MR) is 70.7 cm³/mol. The van der Waals surface area contributed by atoms with Crippen LogP contribution in [-0.4, -0.2) is 43.0 Å². The topological polar surface area (TPSA) is 58.4 Å². The lowest BCUT2D eigenvalue weighted by atomic mass is 9.87. The summed E-state index contributed by atoms with van der Waals surface area (Å²) in [4.78, 5) is 14.5. The van der Waals surface area contributed by atoms with Gasteiger partial charge in [-0.3, -0.25) is 4.79 Å². The van der Waals surface area contributed by atoms with Crippen LogP contribution in [0.4, 0.5) is 0 Å². The highest BCUT2D eigenvalue weighted by Crippen LogP contribution is 2.20. The van der Waals surface area contributed by atoms with Crippen LogP contribution in [0, 0.1) is 5.41 Å². The van der Waals surface area contributed by atoms with E-state index >= 15 is 0 Å². The molecular weight excluding hydrogens is 214 g/mol. The molecule has 0 radical (unpaired) electrons. The standard InChI is InChI=1S/C13H27N3O/c1-4-16-9-5-11(6-10-16)15-12(17)13(2,3)7-8-14/h11H,4-10,14H2,1-3H3,(H,15,17). The molecule has 0 aromatic rings. The Morgan fingerprint density at radius 2 is 2.00 bits per heavy atom. The van der Waals surface area contributed by atoms with Crippen molar-refractivity contribution in [2.75, 3.05) is 26.2 Å². The highest BCUT2D eigenvalue weighted by Gasteiger charge is 2.29. The molecule has 4 nitrogen and oxygen atoms in total. The molecule has 0 aromatic heterocycles. The van der Waals surface area contributed by atoms with E-state index in [0.29, 0.717) is 12.6 Å². The largest absolute Gasteiger partial charge is 0.353 e. The van der Waals surface area contributed by atoms with E-state index in [9.17, 15) is 4.79 Å². The van der Waals surface area contributed by atoms with Crippen molar-refractivity contribution in [3.63, 3.8) is 0 Å². The van der Waals surface area contributed by atoms with E-state index in [2.05, 4.69) is 17.1 Å². The first-order chi connectivity index (χ1) is 7.99. The summed E-state index contributed by atoms with van der Waals surface area (Å²) in [6.07, 6.45) is 2.88. The second kappa shape index (κ2) is 6.36. The lowest BCUT2D eigenvalue weighted by Crippen LogP contribution is -2.48. The van der Waals surface area contributed by atoms with E-state index < -0.39 is 0 Å². The second-order valence-electron chi connectivity index (χ2n) is 5.60. The number of nitrogens with one attached hydrogen (secondary N) is 1. The number of nitrogens with zero attached hydrogens (tertiary/aromatic N) is 1. The van der Waals surface area contributed by atoms with Gasteiger partial charge in [-0.1, -0.05) is 20.8 Å². The van der Waals surface area contributed by atoms with Gasteiger partial charge in [0.05, 0.1) is 0 Å². The molecule has 0 aromatic carbocycles. The number of carbonyl (C=O) groups is 1. The zero-order valence-electron chi connectivity index (χ0n) is 11.5. The Balaban J connectivity index is 2.37. The van der Waals surface area contributed by atoms with Gasteiger partial charge in [-0.15, -0.1) is 0 Å². The molecule has 0 unspecified atom stereocenters. The quantitative estimate of drug-likeness (QED) is 0.754. The van der Waals surface area contributed by atoms with E-state index in [-0.39, 0.29) is 11.3 Å². The Morgan fingerprint density at radius 3 is 2.47 bits per heavy atom. The fourth-order valence-corrected chi connectivity index (χ4v) is 2.25. The molecule has 1 amide bonds. The molecule has 0 spiro atoms. The summed E-state index contributed by atoms with van der Waals surface area (Å²) in [5.41, 5.74) is 5.20. The first kappa shape index (κ1) is 14.5. The number of piperidine rings is 1. The maximum atomic E-state index is 12.1. The third kappa shape index (κ3) is 4.28. The van der Waals surface area contributed by atoms with E-state index in [1.807, 2.05) is 13.8 Å². The van der Waals surface area contributed by atoms with Gasteiger partial charge in [0, 0.05) is 24.5 Å². The van der Waals surface area contributed by atoms with Crippen molar-refractivity contribution in [2.45, 2.75) is 46.1 Å². The van der Waals surface area contributed by atoms with E-state index in [1.54, 1.807) is 0 Å². The van der Waals surface area contributed by atoms with Gasteiger partial charge in [-0.2, -0.15) is 0 Å². The lowest BCUT2D eigenvalue weighted by molar-refractivity contribution is -0.130. The first-order valence-corrected chi connectivity index (χ1v) is 6.73. The van der Waals surface area contributed by atoms with E-state index in [4.69, 9.17) is 5.73 Å². The van der Waals surface area contributed by atoms with Gasteiger partial charge >= 0.3 is 0 Å². The Labute approximate surface area is 105 Å². The van der Waals surface area contributed by atoms with Gasteiger partial charge in [0.25, 0.3) is 0 Å². The minimum absolute atomic E-state index is 0.151. The van der Waals surface area contributed by atoms with E-state index in [1.165, 1.54) is 0 Å². The second-order valence-corrected chi connectivity index (χ2v) is 5.60. The van der Waals surface area contributed by atoms with Gasteiger partial charge in [-0.05, 0) is 32.4 Å². The molecule has 0 aliphatic carbocycles. The Morgan fingerprint density at radius 1 is 1.41 bits per heavy atom. The van der Waals surface area contributed by atoms with Gasteiger partial charge in [-0.25, -0.2) is 0 Å². The van der Waals surface area contributed by atoms with Crippen LogP contribution in [0.15, 0.2) is 0 Å². The van der Waals surface area contributed by atoms with Crippen LogP contribution < -0.4 is 11.1 Å². The third-order valence-electron chi connectivity index (χ3n) is 3.75. The van der Waals surface area contributed by atoms with Gasteiger partial charge in [0.15, 0.2) is 0 Å². The zero-order chi connectivity index (χ0) is 12.9. The molecule has 0 atom stereocenters. The maximum Gasteiger partial charge on any atom is 0.225 e. The normalized spacial score (nSPS) is 19.3. The van der Waals surface area contributed by atoms with Crippen molar-refractivity contribution < 1.29 is 4.79 Å². The molecule has 1 aliphatic heterocycles. The number of hydrogen-bond acceptors (Lipinski definition) is 3. The number of hydrogen-bond donors (Lipinski definition) is 2. The highest BCUT2D eigenvalue weighted by atomic mass is 16.2. The third-order valence-corrected chi connectivity index (χ3v) is 3.75. The minimum atomic E-state index is -0.337. The van der Waals surface area contributed by atoms with E-state index in [0.717, 1.165) is 38.9 Å². The Hall–Kier alpha value is -0.610. The summed E-state index contributed by atoms with van der Waals surface area (Å²) in [5.74, 6) is 0.151. The van der Waals surface area contributed by atoms with Crippen LogP contribution in [0.2, 0.25) is 0 Å². The molecule has 1 heterocycles. The number of carbonyl (C=O) groups excluding carboxylic acids is 1. The lowest BCUT2D eigenvalue weighted by Gasteiger charge is -2.33. The molecule has 0 saturated carbocycles. The molecule has 17 heavy (non-hydrogen) atoms. The van der Waals surface area contributed by atoms with Gasteiger partial charge in [0.2, 0.25) is 5.91 Å². The van der Waals surface area contributed by atoms with Crippen molar-refractivity contribution in [1.29, 1.82) is 0 Å². The van der Waals surface area contributed by atoms with Gasteiger partial charge in [0.1, 0.15) is 0 Å². The summed E-state index contributed by atoms with van der Waals surface area (Å²) in [6.45, 7) is 9.99. The van der Waals surface area contributed by atoms with Crippen LogP contribution in [0.3, 0.4) is 0 Å². The van der Waals surface area contributed by atoms with Crippen LogP contribution in [0.25, 0.3) is 0 Å². The average molecular weight is 241 g/mol. The molecule has 100 valence electrons. The molecule has 1 saturated heterocycles. The van der Waals surface area contributed by atoms with Gasteiger partial charge < -0.3 is 16.0 Å². The van der Waals surface area contributed by atoms with Crippen molar-refractivity contribution >= 4 is 5.91 Å². The maximum absolute atomic E-state index is 12.1. The highest BCUT2D eigenvalue weighted by molar-refractivity contribution is 5.82. The fraction of sp³-hybridized carbons (Fsp3) is 0.923. The van der Waals surface area contributed by atoms with Crippen molar-refractivity contribution in [3.05, 3.63) is 0 Å². The number of likely N-dealkylation sites (tertiary alicyclic amines) is 1. The zero-order valence-corrected chi connectivity index (χ0v) is 11.5. The van der Waals surface area contributed by atoms with Crippen molar-refractivity contribution in [3.8, 4) is 0 Å². The molecule has 1 fully saturated rings. The number of nitrogens with two attached hydrogens (primary N) is 1. The van der Waals surface area contributed by atoms with Crippen LogP contribution in [0.5, 0.6) is 0 Å². The summed E-state index contributed by atoms with van der Waals surface area (Å²) in [6, 6.07) is 0.349. The Bertz CT molecular complexity index is 245. The number of rotatable bonds is 5. The summed E-state index contributed by atoms with van der Waals surface area (Å²) in [5, 5.41) is 3.17. The SMILES string of the molecule is CCN1CCC(NC(=O)C(C)(C)CCN)CC1. The minimum Gasteiger partial charge on any atom is -0.353 e. The monoisotopic (exact) mass is 241 g/mol. The summed E-state index contributed by atoms with van der Waals surface area (Å²) in [7, 11) is 0. The molecule has 3 N–H and O–H groups in total. The van der Waals surface area contributed by atoms with Crippen LogP contribution >= 0.6 is 0 Å². The van der Waals surface area contributed by atoms with Crippen molar-refractivity contribution in [2.24, 2.45) is 11.1 Å². The molecular formula is C13H27N3O. The fourth-order valence-electron chi connectivity index (χ4n) is 2.25. The smallest absolute Gasteiger partial charge is 0.225 e. The molecule has 4 heteroatoms.